The van der Waals surface area contributed by atoms with E-state index in [1.54, 1.807) is 13.0 Å². The van der Waals surface area contributed by atoms with Crippen LogP contribution >= 0.6 is 0 Å². The molecule has 3 heteroatoms. The number of hydrogen-bond acceptors (Lipinski definition) is 2. The van der Waals surface area contributed by atoms with Gasteiger partial charge in [0, 0.05) is 23.8 Å². The van der Waals surface area contributed by atoms with Gasteiger partial charge in [-0.25, -0.2) is 4.39 Å². The first kappa shape index (κ1) is 14.0. The molecule has 1 aromatic rings. The molecule has 0 saturated carbocycles. The van der Waals surface area contributed by atoms with Gasteiger partial charge in [0.2, 0.25) is 0 Å². The van der Waals surface area contributed by atoms with Crippen molar-refractivity contribution in [2.45, 2.75) is 45.8 Å². The largest absolute Gasteiger partial charge is 0.389 e. The average molecular weight is 239 g/mol. The minimum atomic E-state index is -0.804. The van der Waals surface area contributed by atoms with E-state index >= 15 is 0 Å². The molecule has 0 saturated heterocycles. The van der Waals surface area contributed by atoms with Gasteiger partial charge >= 0.3 is 0 Å². The van der Waals surface area contributed by atoms with Gasteiger partial charge in [0.15, 0.2) is 0 Å². The van der Waals surface area contributed by atoms with Crippen LogP contribution in [0.15, 0.2) is 18.2 Å². The molecular formula is C14H22FNO. The Morgan fingerprint density at radius 2 is 2.00 bits per heavy atom. The Morgan fingerprint density at radius 3 is 2.47 bits per heavy atom. The van der Waals surface area contributed by atoms with Crippen LogP contribution in [0.1, 0.15) is 45.8 Å². The third kappa shape index (κ3) is 2.78. The molecule has 0 unspecified atom stereocenters. The van der Waals surface area contributed by atoms with Crippen molar-refractivity contribution in [2.24, 2.45) is 0 Å². The van der Waals surface area contributed by atoms with Gasteiger partial charge in [-0.05, 0) is 39.3 Å². The van der Waals surface area contributed by atoms with E-state index in [0.717, 1.165) is 12.1 Å². The summed E-state index contributed by atoms with van der Waals surface area (Å²) < 4.78 is 13.8. The molecule has 0 spiro atoms. The van der Waals surface area contributed by atoms with Gasteiger partial charge in [0.1, 0.15) is 5.82 Å². The van der Waals surface area contributed by atoms with E-state index in [9.17, 15) is 9.50 Å². The summed E-state index contributed by atoms with van der Waals surface area (Å²) in [6.45, 7) is 7.89. The topological polar surface area (TPSA) is 23.5 Å². The van der Waals surface area contributed by atoms with Gasteiger partial charge < -0.3 is 10.0 Å². The molecule has 0 heterocycles. The minimum Gasteiger partial charge on any atom is -0.389 e. The van der Waals surface area contributed by atoms with Gasteiger partial charge in [-0.15, -0.1) is 0 Å². The molecule has 2 nitrogen and oxygen atoms in total. The van der Waals surface area contributed by atoms with Crippen molar-refractivity contribution < 1.29 is 9.50 Å². The number of halogens is 1. The number of hydrogen-bond donors (Lipinski definition) is 1. The van der Waals surface area contributed by atoms with Crippen molar-refractivity contribution in [3.05, 3.63) is 29.6 Å². The molecule has 96 valence electrons. The summed E-state index contributed by atoms with van der Waals surface area (Å²) in [5, 5.41) is 9.71. The third-order valence-corrected chi connectivity index (χ3v) is 3.58. The molecule has 0 bridgehead atoms. The SMILES string of the molecule is CCC(C)(C)N(C)c1cccc(F)c1[C@@H](C)O. The zero-order valence-corrected chi connectivity index (χ0v) is 11.3. The Labute approximate surface area is 103 Å². The lowest BCUT2D eigenvalue weighted by Gasteiger charge is -2.38. The van der Waals surface area contributed by atoms with Crippen molar-refractivity contribution in [2.75, 3.05) is 11.9 Å². The summed E-state index contributed by atoms with van der Waals surface area (Å²) in [6.07, 6.45) is 0.139. The van der Waals surface area contributed by atoms with Crippen LogP contribution in [-0.4, -0.2) is 17.7 Å². The maximum absolute atomic E-state index is 13.8. The first-order chi connectivity index (χ1) is 7.81. The van der Waals surface area contributed by atoms with E-state index in [2.05, 4.69) is 20.8 Å². The zero-order valence-electron chi connectivity index (χ0n) is 11.3. The van der Waals surface area contributed by atoms with Crippen molar-refractivity contribution in [3.8, 4) is 0 Å². The van der Waals surface area contributed by atoms with E-state index in [0.29, 0.717) is 5.56 Å². The van der Waals surface area contributed by atoms with E-state index in [1.165, 1.54) is 6.07 Å². The van der Waals surface area contributed by atoms with Gasteiger partial charge in [0.25, 0.3) is 0 Å². The molecular weight excluding hydrogens is 217 g/mol. The lowest BCUT2D eigenvalue weighted by molar-refractivity contribution is 0.194. The molecule has 0 aromatic heterocycles. The van der Waals surface area contributed by atoms with Gasteiger partial charge in [-0.3, -0.25) is 0 Å². The molecule has 1 atom stereocenters. The average Bonchev–Trinajstić information content (AvgIpc) is 2.27. The van der Waals surface area contributed by atoms with E-state index in [1.807, 2.05) is 18.0 Å². The predicted octanol–water partition coefficient (Wildman–Crippen LogP) is 3.50. The Balaban J connectivity index is 3.27. The highest BCUT2D eigenvalue weighted by atomic mass is 19.1. The summed E-state index contributed by atoms with van der Waals surface area (Å²) in [6, 6.07) is 4.92. The van der Waals surface area contributed by atoms with Crippen LogP contribution < -0.4 is 4.90 Å². The van der Waals surface area contributed by atoms with E-state index in [4.69, 9.17) is 0 Å². The van der Waals surface area contributed by atoms with E-state index in [-0.39, 0.29) is 11.4 Å². The number of anilines is 1. The Hall–Kier alpha value is -1.09. The normalized spacial score (nSPS) is 13.6. The van der Waals surface area contributed by atoms with Crippen LogP contribution in [-0.2, 0) is 0 Å². The molecule has 1 N–H and O–H groups in total. The minimum absolute atomic E-state index is 0.0720. The third-order valence-electron chi connectivity index (χ3n) is 3.58. The van der Waals surface area contributed by atoms with Gasteiger partial charge in [0.05, 0.1) is 6.10 Å². The predicted molar refractivity (Wildman–Crippen MR) is 69.8 cm³/mol. The molecule has 1 rings (SSSR count). The fourth-order valence-corrected chi connectivity index (χ4v) is 1.79. The maximum Gasteiger partial charge on any atom is 0.131 e. The summed E-state index contributed by atoms with van der Waals surface area (Å²) in [5.41, 5.74) is 1.06. The van der Waals surface area contributed by atoms with Crippen LogP contribution in [0.5, 0.6) is 0 Å². The highest BCUT2D eigenvalue weighted by molar-refractivity contribution is 5.56. The molecule has 1 aromatic carbocycles. The fourth-order valence-electron chi connectivity index (χ4n) is 1.79. The lowest BCUT2D eigenvalue weighted by atomic mass is 9.97. The molecule has 0 aliphatic rings. The first-order valence-electron chi connectivity index (χ1n) is 6.01. The van der Waals surface area contributed by atoms with Crippen molar-refractivity contribution in [1.82, 2.24) is 0 Å². The van der Waals surface area contributed by atoms with Crippen LogP contribution in [0.3, 0.4) is 0 Å². The summed E-state index contributed by atoms with van der Waals surface area (Å²) >= 11 is 0. The Bertz CT molecular complexity index is 388. The molecule has 0 aliphatic heterocycles. The first-order valence-corrected chi connectivity index (χ1v) is 6.01. The van der Waals surface area contributed by atoms with Crippen LogP contribution in [0, 0.1) is 5.82 Å². The standard InChI is InChI=1S/C14H22FNO/c1-6-14(3,4)16(5)12-9-7-8-11(15)13(12)10(2)17/h7-10,17H,6H2,1-5H3/t10-/m1/s1. The summed E-state index contributed by atoms with van der Waals surface area (Å²) in [4.78, 5) is 2.03. The number of nitrogens with zero attached hydrogens (tertiary/aromatic N) is 1. The highest BCUT2D eigenvalue weighted by Gasteiger charge is 2.25. The highest BCUT2D eigenvalue weighted by Crippen LogP contribution is 2.32. The monoisotopic (exact) mass is 239 g/mol. The zero-order chi connectivity index (χ0) is 13.2. The molecule has 0 aliphatic carbocycles. The van der Waals surface area contributed by atoms with Crippen LogP contribution in [0.4, 0.5) is 10.1 Å². The Kier molecular flexibility index (Phi) is 4.15. The number of rotatable bonds is 4. The van der Waals surface area contributed by atoms with Gasteiger partial charge in [-0.1, -0.05) is 13.0 Å². The van der Waals surface area contributed by atoms with E-state index < -0.39 is 6.10 Å². The second kappa shape index (κ2) is 5.05. The number of aliphatic hydroxyl groups excluding tert-OH is 1. The number of aliphatic hydroxyl groups is 1. The van der Waals surface area contributed by atoms with Crippen LogP contribution in [0.25, 0.3) is 0 Å². The van der Waals surface area contributed by atoms with Crippen molar-refractivity contribution in [3.63, 3.8) is 0 Å². The number of benzene rings is 1. The summed E-state index contributed by atoms with van der Waals surface area (Å²) in [5.74, 6) is -0.351. The molecule has 0 radical (unpaired) electrons. The summed E-state index contributed by atoms with van der Waals surface area (Å²) in [7, 11) is 1.93. The second-order valence-electron chi connectivity index (χ2n) is 5.07. The van der Waals surface area contributed by atoms with Gasteiger partial charge in [-0.2, -0.15) is 0 Å². The van der Waals surface area contributed by atoms with Crippen LogP contribution in [0.2, 0.25) is 0 Å². The lowest BCUT2D eigenvalue weighted by Crippen LogP contribution is -2.41. The Morgan fingerprint density at radius 1 is 1.41 bits per heavy atom. The maximum atomic E-state index is 13.8. The molecule has 0 fully saturated rings. The fraction of sp³-hybridized carbons (Fsp3) is 0.571. The molecule has 0 amide bonds. The molecule has 17 heavy (non-hydrogen) atoms. The quantitative estimate of drug-likeness (QED) is 0.869. The second-order valence-corrected chi connectivity index (χ2v) is 5.07. The van der Waals surface area contributed by atoms with Crippen molar-refractivity contribution in [1.29, 1.82) is 0 Å². The smallest absolute Gasteiger partial charge is 0.131 e. The van der Waals surface area contributed by atoms with Crippen molar-refractivity contribution >= 4 is 5.69 Å².